The van der Waals surface area contributed by atoms with Gasteiger partial charge >= 0.3 is 0 Å². The number of nitroso groups, excluding NO2 is 2. The first kappa shape index (κ1) is 23.9. The van der Waals surface area contributed by atoms with Crippen LogP contribution in [-0.4, -0.2) is 44.4 Å². The predicted octanol–water partition coefficient (Wildman–Crippen LogP) is 2.53. The molecule has 11 nitrogen and oxygen atoms in total. The summed E-state index contributed by atoms with van der Waals surface area (Å²) in [7, 11) is 0. The maximum absolute atomic E-state index is 13.7. The molecule has 0 heterocycles. The van der Waals surface area contributed by atoms with Gasteiger partial charge in [0.1, 0.15) is 28.8 Å². The van der Waals surface area contributed by atoms with Crippen molar-refractivity contribution in [1.29, 1.82) is 0 Å². The van der Waals surface area contributed by atoms with Crippen molar-refractivity contribution in [2.75, 3.05) is 0 Å². The minimum Gasteiger partial charge on any atom is -0.508 e. The lowest BCUT2D eigenvalue weighted by Crippen LogP contribution is -2.58. The minimum atomic E-state index is -2.88. The van der Waals surface area contributed by atoms with Crippen LogP contribution in [0.1, 0.15) is 27.9 Å². The average Bonchev–Trinajstić information content (AvgIpc) is 2.86. The summed E-state index contributed by atoms with van der Waals surface area (Å²) in [4.78, 5) is 63.0. The summed E-state index contributed by atoms with van der Waals surface area (Å²) in [6, 6.07) is 11.5. The molecule has 1 amide bonds. The molecule has 37 heavy (non-hydrogen) atoms. The van der Waals surface area contributed by atoms with Gasteiger partial charge in [-0.25, -0.2) is 0 Å². The van der Waals surface area contributed by atoms with E-state index in [-0.39, 0.29) is 11.1 Å². The molecule has 0 fully saturated rings. The van der Waals surface area contributed by atoms with Gasteiger partial charge in [-0.1, -0.05) is 53.7 Å². The molecule has 0 aliphatic heterocycles. The highest BCUT2D eigenvalue weighted by atomic mass is 16.3. The van der Waals surface area contributed by atoms with E-state index < -0.39 is 75.7 Å². The third-order valence-electron chi connectivity index (χ3n) is 7.24. The molecule has 5 N–H and O–H groups in total. The van der Waals surface area contributed by atoms with Gasteiger partial charge in [-0.3, -0.25) is 14.4 Å². The Morgan fingerprint density at radius 1 is 1.05 bits per heavy atom. The number of nitrogens with two attached hydrogens (primary N) is 1. The van der Waals surface area contributed by atoms with Gasteiger partial charge in [0.05, 0.1) is 5.56 Å². The van der Waals surface area contributed by atoms with Gasteiger partial charge in [0.2, 0.25) is 0 Å². The Morgan fingerprint density at radius 2 is 1.76 bits per heavy atom. The number of fused-ring (bicyclic) bond motifs is 3. The van der Waals surface area contributed by atoms with Gasteiger partial charge in [-0.05, 0) is 27.9 Å². The highest BCUT2D eigenvalue weighted by Gasteiger charge is 2.64. The highest BCUT2D eigenvalue weighted by Crippen LogP contribution is 2.57. The first-order valence-electron chi connectivity index (χ1n) is 11.2. The second-order valence-electron chi connectivity index (χ2n) is 9.05. The summed E-state index contributed by atoms with van der Waals surface area (Å²) < 4.78 is 0. The standard InChI is InChI=1S/C26H19N3O8/c27-25(34)19-16(31)10-14-21(28-36)18-13(9-11-5-2-1-3-6-11)12-7-4-8-15(30)17(12)22(32)20(18)23(29-37)26(14,35)24(19)33/h1-9,14,18,21,30,33,35H,10H2,(H2,27,34)/b13-9+. The van der Waals surface area contributed by atoms with Crippen LogP contribution in [0.25, 0.3) is 11.6 Å². The number of hydrogen-bond donors (Lipinski definition) is 4. The van der Waals surface area contributed by atoms with Crippen LogP contribution in [0, 0.1) is 21.6 Å². The number of ketones is 2. The van der Waals surface area contributed by atoms with Gasteiger partial charge < -0.3 is 21.1 Å². The molecule has 2 aromatic rings. The first-order valence-corrected chi connectivity index (χ1v) is 11.2. The van der Waals surface area contributed by atoms with E-state index in [9.17, 15) is 39.5 Å². The van der Waals surface area contributed by atoms with Crippen LogP contribution >= 0.6 is 0 Å². The molecule has 0 radical (unpaired) electrons. The van der Waals surface area contributed by atoms with Crippen molar-refractivity contribution < 1.29 is 29.7 Å². The molecule has 0 bridgehead atoms. The van der Waals surface area contributed by atoms with E-state index in [1.54, 1.807) is 42.5 Å². The molecule has 0 saturated carbocycles. The predicted molar refractivity (Wildman–Crippen MR) is 130 cm³/mol. The van der Waals surface area contributed by atoms with Crippen molar-refractivity contribution in [1.82, 2.24) is 0 Å². The highest BCUT2D eigenvalue weighted by molar-refractivity contribution is 6.22. The summed E-state index contributed by atoms with van der Waals surface area (Å²) in [6.07, 6.45) is 0.952. The van der Waals surface area contributed by atoms with Crippen molar-refractivity contribution in [2.45, 2.75) is 18.1 Å². The fourth-order valence-electron chi connectivity index (χ4n) is 5.67. The number of aliphatic hydroxyl groups is 2. The monoisotopic (exact) mass is 501 g/mol. The smallest absolute Gasteiger partial charge is 0.255 e. The lowest BCUT2D eigenvalue weighted by molar-refractivity contribution is -0.127. The first-order chi connectivity index (χ1) is 17.7. The number of rotatable bonds is 4. The molecule has 3 aliphatic carbocycles. The maximum Gasteiger partial charge on any atom is 0.255 e. The molecule has 0 spiro atoms. The minimum absolute atomic E-state index is 0.214. The molecule has 186 valence electrons. The fraction of sp³-hybridized carbons (Fsp3) is 0.192. The summed E-state index contributed by atoms with van der Waals surface area (Å²) >= 11 is 0. The molecule has 5 rings (SSSR count). The van der Waals surface area contributed by atoms with Crippen molar-refractivity contribution in [3.8, 4) is 5.75 Å². The molecule has 4 atom stereocenters. The quantitative estimate of drug-likeness (QED) is 0.362. The second-order valence-corrected chi connectivity index (χ2v) is 9.05. The SMILES string of the molecule is NC(=O)C1=C(O)C2(O)C(N=O)=C3C(=O)c4c(O)cccc4/C(=C\c4ccccc4)C3C(N=O)C2CC1=O. The number of benzene rings is 2. The number of carbonyl (C=O) groups is 3. The van der Waals surface area contributed by atoms with Crippen LogP contribution in [0.5, 0.6) is 5.75 Å². The number of amides is 1. The molecule has 0 saturated heterocycles. The van der Waals surface area contributed by atoms with Crippen LogP contribution < -0.4 is 5.73 Å². The summed E-state index contributed by atoms with van der Waals surface area (Å²) in [5.41, 5.74) is 1.00. The molecular weight excluding hydrogens is 482 g/mol. The Hall–Kier alpha value is -4.77. The Kier molecular flexibility index (Phi) is 5.45. The number of aromatic hydroxyl groups is 1. The zero-order valence-corrected chi connectivity index (χ0v) is 19.0. The Morgan fingerprint density at radius 3 is 2.38 bits per heavy atom. The van der Waals surface area contributed by atoms with Crippen molar-refractivity contribution in [3.63, 3.8) is 0 Å². The number of phenols is 1. The van der Waals surface area contributed by atoms with Crippen LogP contribution in [0.15, 0.2) is 81.5 Å². The summed E-state index contributed by atoms with van der Waals surface area (Å²) in [5, 5.41) is 39.1. The van der Waals surface area contributed by atoms with E-state index >= 15 is 0 Å². The Balaban J connectivity index is 1.92. The van der Waals surface area contributed by atoms with Crippen LogP contribution in [0.4, 0.5) is 0 Å². The van der Waals surface area contributed by atoms with Crippen molar-refractivity contribution in [3.05, 3.63) is 97.6 Å². The van der Waals surface area contributed by atoms with Crippen molar-refractivity contribution in [2.24, 2.45) is 27.9 Å². The van der Waals surface area contributed by atoms with Gasteiger partial charge in [-0.15, -0.1) is 4.91 Å². The number of aliphatic hydroxyl groups excluding tert-OH is 1. The van der Waals surface area contributed by atoms with E-state index in [4.69, 9.17) is 5.73 Å². The lowest BCUT2D eigenvalue weighted by atomic mass is 9.56. The topological polar surface area (TPSA) is 197 Å². The zero-order valence-electron chi connectivity index (χ0n) is 19.0. The molecule has 2 aromatic carbocycles. The number of carbonyl (C=O) groups excluding carboxylic acids is 3. The molecule has 0 aromatic heterocycles. The molecular formula is C26H19N3O8. The van der Waals surface area contributed by atoms with Crippen LogP contribution in [-0.2, 0) is 9.59 Å². The zero-order chi connectivity index (χ0) is 26.6. The third kappa shape index (κ3) is 3.21. The van der Waals surface area contributed by atoms with E-state index in [0.29, 0.717) is 11.1 Å². The van der Waals surface area contributed by atoms with E-state index in [1.165, 1.54) is 12.1 Å². The maximum atomic E-state index is 13.7. The van der Waals surface area contributed by atoms with E-state index in [1.807, 2.05) is 0 Å². The van der Waals surface area contributed by atoms with E-state index in [0.717, 1.165) is 0 Å². The molecule has 3 aliphatic rings. The third-order valence-corrected chi connectivity index (χ3v) is 7.24. The normalized spacial score (nSPS) is 27.9. The fourth-order valence-corrected chi connectivity index (χ4v) is 5.67. The van der Waals surface area contributed by atoms with Gasteiger partial charge in [0, 0.05) is 23.8 Å². The number of phenolic OH excluding ortho intramolecular Hbond substituents is 1. The Labute approximate surface area is 208 Å². The number of Topliss-reactive ketones (excluding diaryl/α,β-unsaturated/α-hetero) is 2. The largest absolute Gasteiger partial charge is 0.508 e. The number of nitrogens with zero attached hydrogens (tertiary/aromatic N) is 2. The lowest BCUT2D eigenvalue weighted by Gasteiger charge is -2.48. The second kappa shape index (κ2) is 8.42. The number of primary amides is 1. The van der Waals surface area contributed by atoms with Crippen LogP contribution in [0.2, 0.25) is 0 Å². The Bertz CT molecular complexity index is 1510. The number of hydrogen-bond acceptors (Lipinski definition) is 10. The van der Waals surface area contributed by atoms with Crippen LogP contribution in [0.3, 0.4) is 0 Å². The summed E-state index contributed by atoms with van der Waals surface area (Å²) in [5.74, 6) is -7.79. The van der Waals surface area contributed by atoms with E-state index in [2.05, 4.69) is 10.4 Å². The van der Waals surface area contributed by atoms with Gasteiger partial charge in [0.15, 0.2) is 17.2 Å². The van der Waals surface area contributed by atoms with Gasteiger partial charge in [-0.2, -0.15) is 4.91 Å². The summed E-state index contributed by atoms with van der Waals surface area (Å²) in [6.45, 7) is 0. The van der Waals surface area contributed by atoms with Gasteiger partial charge in [0.25, 0.3) is 5.91 Å². The molecule has 11 heteroatoms. The molecule has 4 unspecified atom stereocenters. The average molecular weight is 501 g/mol. The van der Waals surface area contributed by atoms with Crippen molar-refractivity contribution >= 4 is 29.1 Å².